The summed E-state index contributed by atoms with van der Waals surface area (Å²) in [6.45, 7) is 0.490. The number of para-hydroxylation sites is 1. The number of carbonyl (C=O) groups is 2. The number of ether oxygens (including phenoxy) is 2. The van der Waals surface area contributed by atoms with Crippen LogP contribution in [-0.2, 0) is 9.59 Å². The Morgan fingerprint density at radius 1 is 1.24 bits per heavy atom. The molecular formula is C18H17ClN2O4. The Bertz CT molecular complexity index is 767. The van der Waals surface area contributed by atoms with Crippen LogP contribution < -0.4 is 19.7 Å². The van der Waals surface area contributed by atoms with E-state index >= 15 is 0 Å². The molecule has 0 aliphatic carbocycles. The molecule has 0 aromatic heterocycles. The van der Waals surface area contributed by atoms with E-state index in [1.54, 1.807) is 18.2 Å². The summed E-state index contributed by atoms with van der Waals surface area (Å²) in [4.78, 5) is 25.6. The minimum Gasteiger partial charge on any atom is -0.492 e. The molecule has 1 aliphatic heterocycles. The lowest BCUT2D eigenvalue weighted by Crippen LogP contribution is -2.45. The minimum absolute atomic E-state index is 0.0964. The Morgan fingerprint density at radius 2 is 2.04 bits per heavy atom. The molecule has 25 heavy (non-hydrogen) atoms. The van der Waals surface area contributed by atoms with Crippen LogP contribution in [-0.4, -0.2) is 38.1 Å². The van der Waals surface area contributed by atoms with Crippen molar-refractivity contribution in [1.82, 2.24) is 5.32 Å². The summed E-state index contributed by atoms with van der Waals surface area (Å²) in [7, 11) is 0. The standard InChI is InChI=1S/C18H17ClN2O4/c19-13-6-7-16-15(10-13)21(18(23)12-25-16)11-17(22)20-8-9-24-14-4-2-1-3-5-14/h1-7,10H,8-9,11-12H2,(H,20,22). The maximum absolute atomic E-state index is 12.1. The smallest absolute Gasteiger partial charge is 0.265 e. The Kier molecular flexibility index (Phi) is 5.40. The zero-order valence-corrected chi connectivity index (χ0v) is 14.2. The highest BCUT2D eigenvalue weighted by Crippen LogP contribution is 2.34. The van der Waals surface area contributed by atoms with E-state index < -0.39 is 0 Å². The fourth-order valence-electron chi connectivity index (χ4n) is 2.42. The van der Waals surface area contributed by atoms with Gasteiger partial charge >= 0.3 is 0 Å². The van der Waals surface area contributed by atoms with Crippen molar-refractivity contribution in [3.8, 4) is 11.5 Å². The number of anilines is 1. The molecule has 0 saturated heterocycles. The molecule has 130 valence electrons. The van der Waals surface area contributed by atoms with Gasteiger partial charge in [0.1, 0.15) is 24.7 Å². The normalized spacial score (nSPS) is 13.0. The van der Waals surface area contributed by atoms with E-state index in [0.717, 1.165) is 5.75 Å². The van der Waals surface area contributed by atoms with Crippen molar-refractivity contribution >= 4 is 29.1 Å². The molecule has 6 nitrogen and oxygen atoms in total. The maximum atomic E-state index is 12.1. The topological polar surface area (TPSA) is 67.9 Å². The van der Waals surface area contributed by atoms with Gasteiger partial charge < -0.3 is 14.8 Å². The van der Waals surface area contributed by atoms with E-state index in [4.69, 9.17) is 21.1 Å². The van der Waals surface area contributed by atoms with Gasteiger partial charge in [-0.15, -0.1) is 0 Å². The van der Waals surface area contributed by atoms with Crippen molar-refractivity contribution in [3.63, 3.8) is 0 Å². The van der Waals surface area contributed by atoms with Crippen LogP contribution in [0.5, 0.6) is 11.5 Å². The van der Waals surface area contributed by atoms with E-state index in [-0.39, 0.29) is 25.0 Å². The molecule has 0 fully saturated rings. The van der Waals surface area contributed by atoms with Gasteiger partial charge in [0, 0.05) is 5.02 Å². The molecule has 1 aliphatic rings. The monoisotopic (exact) mass is 360 g/mol. The third kappa shape index (κ3) is 4.42. The lowest BCUT2D eigenvalue weighted by Gasteiger charge is -2.29. The SMILES string of the molecule is O=C(CN1C(=O)COc2ccc(Cl)cc21)NCCOc1ccccc1. The van der Waals surface area contributed by atoms with Crippen LogP contribution in [0.1, 0.15) is 0 Å². The first-order valence-corrected chi connectivity index (χ1v) is 8.18. The van der Waals surface area contributed by atoms with Crippen molar-refractivity contribution in [1.29, 1.82) is 0 Å². The van der Waals surface area contributed by atoms with Gasteiger partial charge in [-0.3, -0.25) is 14.5 Å². The summed E-state index contributed by atoms with van der Waals surface area (Å²) in [6.07, 6.45) is 0. The molecule has 0 radical (unpaired) electrons. The van der Waals surface area contributed by atoms with Crippen LogP contribution in [0.25, 0.3) is 0 Å². The zero-order chi connectivity index (χ0) is 17.6. The minimum atomic E-state index is -0.287. The average molecular weight is 361 g/mol. The highest BCUT2D eigenvalue weighted by molar-refractivity contribution is 6.31. The van der Waals surface area contributed by atoms with Gasteiger partial charge in [-0.25, -0.2) is 0 Å². The van der Waals surface area contributed by atoms with Gasteiger partial charge in [0.2, 0.25) is 5.91 Å². The summed E-state index contributed by atoms with van der Waals surface area (Å²) < 4.78 is 10.9. The van der Waals surface area contributed by atoms with Gasteiger partial charge in [0.15, 0.2) is 6.61 Å². The van der Waals surface area contributed by atoms with Crippen LogP contribution in [0.3, 0.4) is 0 Å². The number of rotatable bonds is 6. The van der Waals surface area contributed by atoms with Gasteiger partial charge in [-0.1, -0.05) is 29.8 Å². The summed E-state index contributed by atoms with van der Waals surface area (Å²) in [5, 5.41) is 3.21. The largest absolute Gasteiger partial charge is 0.492 e. The van der Waals surface area contributed by atoms with E-state index in [0.29, 0.717) is 29.6 Å². The Labute approximate surface area is 150 Å². The van der Waals surface area contributed by atoms with Gasteiger partial charge in [-0.2, -0.15) is 0 Å². The van der Waals surface area contributed by atoms with E-state index in [2.05, 4.69) is 5.32 Å². The first-order valence-electron chi connectivity index (χ1n) is 7.81. The quantitative estimate of drug-likeness (QED) is 0.802. The molecule has 2 aromatic carbocycles. The Hall–Kier alpha value is -2.73. The number of halogens is 1. The molecule has 0 unspecified atom stereocenters. The van der Waals surface area contributed by atoms with E-state index in [9.17, 15) is 9.59 Å². The summed E-state index contributed by atoms with van der Waals surface area (Å²) in [5.74, 6) is 0.705. The third-order valence-electron chi connectivity index (χ3n) is 3.60. The summed E-state index contributed by atoms with van der Waals surface area (Å²) in [5.41, 5.74) is 0.499. The van der Waals surface area contributed by atoms with Crippen molar-refractivity contribution in [2.24, 2.45) is 0 Å². The number of amides is 2. The molecule has 7 heteroatoms. The third-order valence-corrected chi connectivity index (χ3v) is 3.84. The second-order valence-electron chi connectivity index (χ2n) is 5.39. The molecule has 2 aromatic rings. The lowest BCUT2D eigenvalue weighted by molar-refractivity contribution is -0.125. The predicted octanol–water partition coefficient (Wildman–Crippen LogP) is 2.26. The Morgan fingerprint density at radius 3 is 2.84 bits per heavy atom. The molecule has 0 saturated carbocycles. The second kappa shape index (κ2) is 7.90. The number of carbonyl (C=O) groups excluding carboxylic acids is 2. The summed E-state index contributed by atoms with van der Waals surface area (Å²) in [6, 6.07) is 14.3. The molecule has 1 N–H and O–H groups in total. The van der Waals surface area contributed by atoms with Crippen molar-refractivity contribution in [2.45, 2.75) is 0 Å². The molecule has 0 spiro atoms. The number of hydrogen-bond acceptors (Lipinski definition) is 4. The summed E-state index contributed by atoms with van der Waals surface area (Å²) >= 11 is 5.98. The number of benzene rings is 2. The molecular weight excluding hydrogens is 344 g/mol. The fourth-order valence-corrected chi connectivity index (χ4v) is 2.59. The van der Waals surface area contributed by atoms with Crippen molar-refractivity contribution in [2.75, 3.05) is 31.2 Å². The first kappa shape index (κ1) is 17.1. The van der Waals surface area contributed by atoms with Gasteiger partial charge in [-0.05, 0) is 30.3 Å². The lowest BCUT2D eigenvalue weighted by atomic mass is 10.2. The first-order chi connectivity index (χ1) is 12.1. The van der Waals surface area contributed by atoms with Crippen molar-refractivity contribution < 1.29 is 19.1 Å². The highest BCUT2D eigenvalue weighted by Gasteiger charge is 2.27. The van der Waals surface area contributed by atoms with Crippen LogP contribution in [0, 0.1) is 0 Å². The molecule has 1 heterocycles. The van der Waals surface area contributed by atoms with E-state index in [1.807, 2.05) is 30.3 Å². The number of hydrogen-bond donors (Lipinski definition) is 1. The predicted molar refractivity (Wildman–Crippen MR) is 94.2 cm³/mol. The maximum Gasteiger partial charge on any atom is 0.265 e. The number of fused-ring (bicyclic) bond motifs is 1. The fraction of sp³-hybridized carbons (Fsp3) is 0.222. The highest BCUT2D eigenvalue weighted by atomic mass is 35.5. The van der Waals surface area contributed by atoms with Crippen LogP contribution in [0.15, 0.2) is 48.5 Å². The second-order valence-corrected chi connectivity index (χ2v) is 5.83. The van der Waals surface area contributed by atoms with Crippen LogP contribution in [0.2, 0.25) is 5.02 Å². The average Bonchev–Trinajstić information content (AvgIpc) is 2.62. The van der Waals surface area contributed by atoms with Crippen LogP contribution >= 0.6 is 11.6 Å². The number of nitrogens with zero attached hydrogens (tertiary/aromatic N) is 1. The van der Waals surface area contributed by atoms with Crippen LogP contribution in [0.4, 0.5) is 5.69 Å². The molecule has 0 atom stereocenters. The zero-order valence-electron chi connectivity index (χ0n) is 13.4. The van der Waals surface area contributed by atoms with E-state index in [1.165, 1.54) is 4.90 Å². The molecule has 2 amide bonds. The van der Waals surface area contributed by atoms with Gasteiger partial charge in [0.05, 0.1) is 12.2 Å². The Balaban J connectivity index is 1.52. The molecule has 3 rings (SSSR count). The molecule has 0 bridgehead atoms. The van der Waals surface area contributed by atoms with Crippen molar-refractivity contribution in [3.05, 3.63) is 53.6 Å². The number of nitrogens with one attached hydrogen (secondary N) is 1. The van der Waals surface area contributed by atoms with Gasteiger partial charge in [0.25, 0.3) is 5.91 Å².